The molecule has 124 valence electrons. The monoisotopic (exact) mass is 347 g/mol. The Morgan fingerprint density at radius 1 is 1.29 bits per heavy atom. The smallest absolute Gasteiger partial charge is 0.230 e. The Bertz CT molecular complexity index is 848. The zero-order valence-electron chi connectivity index (χ0n) is 12.8. The molecule has 0 bridgehead atoms. The summed E-state index contributed by atoms with van der Waals surface area (Å²) in [6, 6.07) is 10.4. The molecule has 0 fully saturated rings. The van der Waals surface area contributed by atoms with Crippen molar-refractivity contribution in [2.75, 3.05) is 5.75 Å². The van der Waals surface area contributed by atoms with Crippen molar-refractivity contribution < 1.29 is 13.6 Å². The summed E-state index contributed by atoms with van der Waals surface area (Å²) in [6.07, 6.45) is 0. The number of nitrogens with one attached hydrogen (secondary N) is 2. The number of hydrogen-bond donors (Lipinski definition) is 2. The highest BCUT2D eigenvalue weighted by atomic mass is 32.2. The van der Waals surface area contributed by atoms with E-state index < -0.39 is 17.7 Å². The van der Waals surface area contributed by atoms with Crippen LogP contribution in [0.1, 0.15) is 18.5 Å². The molecule has 4 nitrogen and oxygen atoms in total. The summed E-state index contributed by atoms with van der Waals surface area (Å²) in [5, 5.41) is 3.34. The summed E-state index contributed by atoms with van der Waals surface area (Å²) in [5.74, 6) is -1.42. The number of imidazole rings is 1. The summed E-state index contributed by atoms with van der Waals surface area (Å²) in [5.41, 5.74) is 1.99. The van der Waals surface area contributed by atoms with Crippen molar-refractivity contribution in [3.63, 3.8) is 0 Å². The van der Waals surface area contributed by atoms with E-state index in [4.69, 9.17) is 0 Å². The molecule has 0 aliphatic carbocycles. The lowest BCUT2D eigenvalue weighted by molar-refractivity contribution is -0.119. The molecular weight excluding hydrogens is 332 g/mol. The molecule has 3 rings (SSSR count). The van der Waals surface area contributed by atoms with Crippen LogP contribution in [0.2, 0.25) is 0 Å². The Morgan fingerprint density at radius 2 is 2.08 bits per heavy atom. The zero-order valence-corrected chi connectivity index (χ0v) is 13.7. The molecule has 0 aliphatic rings. The third-order valence-electron chi connectivity index (χ3n) is 3.51. The fraction of sp³-hybridized carbons (Fsp3) is 0.176. The van der Waals surface area contributed by atoms with E-state index in [1.807, 2.05) is 24.3 Å². The number of para-hydroxylation sites is 2. The number of aromatic nitrogens is 2. The van der Waals surface area contributed by atoms with Crippen molar-refractivity contribution in [1.29, 1.82) is 0 Å². The Hall–Kier alpha value is -2.41. The number of rotatable bonds is 5. The van der Waals surface area contributed by atoms with Gasteiger partial charge in [-0.1, -0.05) is 30.0 Å². The molecule has 24 heavy (non-hydrogen) atoms. The molecule has 0 unspecified atom stereocenters. The van der Waals surface area contributed by atoms with Gasteiger partial charge in [-0.15, -0.1) is 0 Å². The van der Waals surface area contributed by atoms with Crippen LogP contribution in [0.3, 0.4) is 0 Å². The van der Waals surface area contributed by atoms with Gasteiger partial charge in [0, 0.05) is 11.6 Å². The number of aromatic amines is 1. The van der Waals surface area contributed by atoms with E-state index in [2.05, 4.69) is 15.3 Å². The van der Waals surface area contributed by atoms with Crippen molar-refractivity contribution in [2.45, 2.75) is 18.1 Å². The Morgan fingerprint density at radius 3 is 2.83 bits per heavy atom. The minimum atomic E-state index is -0.673. The quantitative estimate of drug-likeness (QED) is 0.690. The van der Waals surface area contributed by atoms with Crippen molar-refractivity contribution in [1.82, 2.24) is 15.3 Å². The predicted octanol–water partition coefficient (Wildman–Crippen LogP) is 3.81. The molecule has 0 saturated heterocycles. The Labute approximate surface area is 141 Å². The van der Waals surface area contributed by atoms with E-state index in [0.29, 0.717) is 5.16 Å². The first-order valence-corrected chi connectivity index (χ1v) is 8.33. The lowest BCUT2D eigenvalue weighted by Gasteiger charge is -2.14. The predicted molar refractivity (Wildman–Crippen MR) is 89.7 cm³/mol. The number of benzene rings is 2. The molecule has 1 aromatic heterocycles. The summed E-state index contributed by atoms with van der Waals surface area (Å²) in [6.45, 7) is 1.65. The van der Waals surface area contributed by atoms with Crippen LogP contribution in [0, 0.1) is 11.6 Å². The number of fused-ring (bicyclic) bond motifs is 1. The third-order valence-corrected chi connectivity index (χ3v) is 4.39. The van der Waals surface area contributed by atoms with Gasteiger partial charge in [0.05, 0.1) is 22.8 Å². The van der Waals surface area contributed by atoms with Crippen molar-refractivity contribution in [2.24, 2.45) is 0 Å². The molecule has 0 radical (unpaired) electrons. The highest BCUT2D eigenvalue weighted by Crippen LogP contribution is 2.20. The number of halogens is 2. The Balaban J connectivity index is 1.58. The molecule has 0 aliphatic heterocycles. The van der Waals surface area contributed by atoms with Gasteiger partial charge < -0.3 is 10.3 Å². The average molecular weight is 347 g/mol. The Kier molecular flexibility index (Phi) is 4.80. The second-order valence-electron chi connectivity index (χ2n) is 5.30. The van der Waals surface area contributed by atoms with E-state index in [1.54, 1.807) is 6.92 Å². The van der Waals surface area contributed by atoms with Crippen LogP contribution in [-0.2, 0) is 4.79 Å². The minimum absolute atomic E-state index is 0.146. The molecule has 1 amide bonds. The van der Waals surface area contributed by atoms with Gasteiger partial charge in [0.25, 0.3) is 0 Å². The minimum Gasteiger partial charge on any atom is -0.349 e. The van der Waals surface area contributed by atoms with Gasteiger partial charge in [-0.3, -0.25) is 4.79 Å². The maximum Gasteiger partial charge on any atom is 0.230 e. The standard InChI is InChI=1S/C17H15F2N3OS/c1-10(12-7-6-11(18)8-13(12)19)20-16(23)9-24-17-21-14-4-2-3-5-15(14)22-17/h2-8,10H,9H2,1H3,(H,20,23)(H,21,22)/t10-/m1/s1. The SMILES string of the molecule is C[C@@H](NC(=O)CSc1nc2ccccc2[nH]1)c1ccc(F)cc1F. The van der Waals surface area contributed by atoms with Crippen molar-refractivity contribution >= 4 is 28.7 Å². The van der Waals surface area contributed by atoms with E-state index in [-0.39, 0.29) is 17.2 Å². The van der Waals surface area contributed by atoms with Crippen LogP contribution in [-0.4, -0.2) is 21.6 Å². The van der Waals surface area contributed by atoms with Gasteiger partial charge in [-0.25, -0.2) is 13.8 Å². The summed E-state index contributed by atoms with van der Waals surface area (Å²) < 4.78 is 26.6. The van der Waals surface area contributed by atoms with Crippen LogP contribution in [0.4, 0.5) is 8.78 Å². The lowest BCUT2D eigenvalue weighted by atomic mass is 10.1. The number of thioether (sulfide) groups is 1. The van der Waals surface area contributed by atoms with E-state index in [9.17, 15) is 13.6 Å². The molecule has 3 aromatic rings. The fourth-order valence-corrected chi connectivity index (χ4v) is 3.04. The van der Waals surface area contributed by atoms with Crippen LogP contribution in [0.15, 0.2) is 47.6 Å². The number of amides is 1. The highest BCUT2D eigenvalue weighted by molar-refractivity contribution is 7.99. The summed E-state index contributed by atoms with van der Waals surface area (Å²) in [4.78, 5) is 19.5. The van der Waals surface area contributed by atoms with E-state index in [0.717, 1.165) is 17.1 Å². The number of carbonyl (C=O) groups excluding carboxylic acids is 1. The number of H-pyrrole nitrogens is 1. The van der Waals surface area contributed by atoms with Crippen molar-refractivity contribution in [3.05, 3.63) is 59.7 Å². The maximum absolute atomic E-state index is 13.7. The second-order valence-corrected chi connectivity index (χ2v) is 6.27. The molecule has 0 saturated carbocycles. The lowest BCUT2D eigenvalue weighted by Crippen LogP contribution is -2.28. The fourth-order valence-electron chi connectivity index (χ4n) is 2.35. The molecule has 2 aromatic carbocycles. The molecule has 1 atom stereocenters. The first-order valence-electron chi connectivity index (χ1n) is 7.35. The van der Waals surface area contributed by atoms with E-state index in [1.165, 1.54) is 23.9 Å². The number of nitrogens with zero attached hydrogens (tertiary/aromatic N) is 1. The van der Waals surface area contributed by atoms with Crippen LogP contribution >= 0.6 is 11.8 Å². The molecule has 2 N–H and O–H groups in total. The van der Waals surface area contributed by atoms with Crippen LogP contribution in [0.5, 0.6) is 0 Å². The van der Waals surface area contributed by atoms with Gasteiger partial charge >= 0.3 is 0 Å². The normalized spacial score (nSPS) is 12.3. The average Bonchev–Trinajstić information content (AvgIpc) is 2.95. The topological polar surface area (TPSA) is 57.8 Å². The summed E-state index contributed by atoms with van der Waals surface area (Å²) >= 11 is 1.27. The number of hydrogen-bond acceptors (Lipinski definition) is 3. The highest BCUT2D eigenvalue weighted by Gasteiger charge is 2.15. The van der Waals surface area contributed by atoms with Crippen LogP contribution < -0.4 is 5.32 Å². The van der Waals surface area contributed by atoms with Gasteiger partial charge in [-0.2, -0.15) is 0 Å². The molecule has 7 heteroatoms. The summed E-state index contributed by atoms with van der Waals surface area (Å²) in [7, 11) is 0. The van der Waals surface area contributed by atoms with Gasteiger partial charge in [0.15, 0.2) is 5.16 Å². The first kappa shape index (κ1) is 16.4. The van der Waals surface area contributed by atoms with Crippen molar-refractivity contribution in [3.8, 4) is 0 Å². The third kappa shape index (κ3) is 3.73. The largest absolute Gasteiger partial charge is 0.349 e. The van der Waals surface area contributed by atoms with Gasteiger partial charge in [0.2, 0.25) is 5.91 Å². The van der Waals surface area contributed by atoms with Crippen LogP contribution in [0.25, 0.3) is 11.0 Å². The first-order chi connectivity index (χ1) is 11.5. The zero-order chi connectivity index (χ0) is 17.1. The van der Waals surface area contributed by atoms with Gasteiger partial charge in [-0.05, 0) is 25.1 Å². The maximum atomic E-state index is 13.7. The van der Waals surface area contributed by atoms with E-state index >= 15 is 0 Å². The number of carbonyl (C=O) groups is 1. The van der Waals surface area contributed by atoms with Gasteiger partial charge in [0.1, 0.15) is 11.6 Å². The molecule has 1 heterocycles. The molecular formula is C17H15F2N3OS. The second kappa shape index (κ2) is 7.00. The molecule has 0 spiro atoms.